The molecule has 0 aromatic rings. The van der Waals surface area contributed by atoms with Gasteiger partial charge >= 0.3 is 0 Å². The Hall–Kier alpha value is -0.0900. The SMILES string of the molecule is CN[C@@H]1CC(Br)=NO1. The molecule has 0 saturated carbocycles. The maximum absolute atomic E-state index is 4.84. The molecule has 1 aliphatic rings. The van der Waals surface area contributed by atoms with Gasteiger partial charge in [0.05, 0.1) is 6.42 Å². The van der Waals surface area contributed by atoms with E-state index in [1.54, 1.807) is 0 Å². The van der Waals surface area contributed by atoms with E-state index < -0.39 is 0 Å². The lowest BCUT2D eigenvalue weighted by Crippen LogP contribution is -2.23. The third-order valence-corrected chi connectivity index (χ3v) is 1.42. The van der Waals surface area contributed by atoms with Gasteiger partial charge in [0.15, 0.2) is 6.23 Å². The lowest BCUT2D eigenvalue weighted by atomic mass is 10.4. The van der Waals surface area contributed by atoms with E-state index in [2.05, 4.69) is 26.4 Å². The second kappa shape index (κ2) is 2.46. The molecule has 0 aromatic carbocycles. The van der Waals surface area contributed by atoms with Crippen molar-refractivity contribution in [1.82, 2.24) is 5.32 Å². The number of nitrogens with one attached hydrogen (secondary N) is 1. The summed E-state index contributed by atoms with van der Waals surface area (Å²) in [7, 11) is 1.84. The van der Waals surface area contributed by atoms with Crippen LogP contribution in [0.5, 0.6) is 0 Å². The second-order valence-corrected chi connectivity index (χ2v) is 2.47. The molecule has 0 saturated heterocycles. The summed E-state index contributed by atoms with van der Waals surface area (Å²) in [6.45, 7) is 0. The van der Waals surface area contributed by atoms with Crippen LogP contribution in [0.2, 0.25) is 0 Å². The Morgan fingerprint density at radius 2 is 2.75 bits per heavy atom. The van der Waals surface area contributed by atoms with E-state index in [0.29, 0.717) is 0 Å². The lowest BCUT2D eigenvalue weighted by Gasteiger charge is -2.02. The lowest BCUT2D eigenvalue weighted by molar-refractivity contribution is 0.0662. The minimum absolute atomic E-state index is 0.0735. The molecule has 0 fully saturated rings. The molecule has 1 rings (SSSR count). The van der Waals surface area contributed by atoms with Crippen LogP contribution in [-0.2, 0) is 4.84 Å². The number of halogens is 1. The van der Waals surface area contributed by atoms with Crippen LogP contribution in [0.3, 0.4) is 0 Å². The first-order valence-corrected chi connectivity index (χ1v) is 3.17. The molecular weight excluding hydrogens is 172 g/mol. The highest BCUT2D eigenvalue weighted by atomic mass is 79.9. The van der Waals surface area contributed by atoms with E-state index in [0.717, 1.165) is 11.0 Å². The molecule has 0 aliphatic carbocycles. The molecule has 0 aromatic heterocycles. The van der Waals surface area contributed by atoms with Crippen molar-refractivity contribution in [2.45, 2.75) is 12.6 Å². The van der Waals surface area contributed by atoms with Crippen molar-refractivity contribution in [3.8, 4) is 0 Å². The molecule has 0 amide bonds. The summed E-state index contributed by atoms with van der Waals surface area (Å²) in [6.07, 6.45) is 0.903. The minimum atomic E-state index is 0.0735. The Morgan fingerprint density at radius 1 is 2.00 bits per heavy atom. The number of hydrogen-bond acceptors (Lipinski definition) is 3. The van der Waals surface area contributed by atoms with Crippen molar-refractivity contribution in [3.63, 3.8) is 0 Å². The molecule has 0 spiro atoms. The highest BCUT2D eigenvalue weighted by Gasteiger charge is 2.15. The first-order valence-electron chi connectivity index (χ1n) is 2.38. The number of hydrogen-bond donors (Lipinski definition) is 1. The fourth-order valence-electron chi connectivity index (χ4n) is 0.503. The summed E-state index contributed by atoms with van der Waals surface area (Å²) in [5.74, 6) is 0. The largest absolute Gasteiger partial charge is 0.375 e. The first-order chi connectivity index (χ1) is 3.83. The number of nitrogens with zero attached hydrogens (tertiary/aromatic N) is 1. The molecule has 46 valence electrons. The van der Waals surface area contributed by atoms with Crippen molar-refractivity contribution in [3.05, 3.63) is 0 Å². The third-order valence-electron chi connectivity index (χ3n) is 0.955. The highest BCUT2D eigenvalue weighted by Crippen LogP contribution is 2.10. The van der Waals surface area contributed by atoms with Gasteiger partial charge in [-0.2, -0.15) is 0 Å². The quantitative estimate of drug-likeness (QED) is 0.641. The average molecular weight is 179 g/mol. The van der Waals surface area contributed by atoms with Crippen molar-refractivity contribution < 1.29 is 4.84 Å². The van der Waals surface area contributed by atoms with Crippen LogP contribution in [0.15, 0.2) is 5.16 Å². The number of oxime groups is 1. The molecule has 1 atom stereocenters. The zero-order chi connectivity index (χ0) is 5.98. The zero-order valence-electron chi connectivity index (χ0n) is 4.52. The smallest absolute Gasteiger partial charge is 0.184 e. The van der Waals surface area contributed by atoms with Crippen LogP contribution in [0.4, 0.5) is 0 Å². The van der Waals surface area contributed by atoms with E-state index in [-0.39, 0.29) is 6.23 Å². The van der Waals surface area contributed by atoms with Crippen LogP contribution in [0.25, 0.3) is 0 Å². The molecule has 3 nitrogen and oxygen atoms in total. The van der Waals surface area contributed by atoms with Gasteiger partial charge in [0.25, 0.3) is 0 Å². The van der Waals surface area contributed by atoms with Gasteiger partial charge in [-0.3, -0.25) is 5.32 Å². The predicted molar refractivity (Wildman–Crippen MR) is 34.9 cm³/mol. The summed E-state index contributed by atoms with van der Waals surface area (Å²) in [5, 5.41) is 6.59. The highest BCUT2D eigenvalue weighted by molar-refractivity contribution is 9.18. The molecule has 1 aliphatic heterocycles. The molecule has 4 heteroatoms. The van der Waals surface area contributed by atoms with Crippen molar-refractivity contribution in [2.24, 2.45) is 5.16 Å². The van der Waals surface area contributed by atoms with E-state index in [4.69, 9.17) is 4.84 Å². The Bertz CT molecular complexity index is 115. The van der Waals surface area contributed by atoms with Gasteiger partial charge in [0.1, 0.15) is 4.62 Å². The fourth-order valence-corrected chi connectivity index (χ4v) is 0.881. The van der Waals surface area contributed by atoms with Gasteiger partial charge in [-0.25, -0.2) is 0 Å². The normalized spacial score (nSPS) is 27.2. The Morgan fingerprint density at radius 3 is 3.00 bits per heavy atom. The summed E-state index contributed by atoms with van der Waals surface area (Å²) in [4.78, 5) is 4.84. The molecular formula is C4H7BrN2O. The monoisotopic (exact) mass is 178 g/mol. The van der Waals surface area contributed by atoms with Crippen LogP contribution in [0, 0.1) is 0 Å². The van der Waals surface area contributed by atoms with Gasteiger partial charge < -0.3 is 4.84 Å². The standard InChI is InChI=1S/C4H7BrN2O/c1-6-4-2-3(5)7-8-4/h4,6H,2H2,1H3/t4-/m0/s1. The summed E-state index contributed by atoms with van der Waals surface area (Å²) in [5.41, 5.74) is 0. The summed E-state index contributed by atoms with van der Waals surface area (Å²) in [6, 6.07) is 0. The van der Waals surface area contributed by atoms with Gasteiger partial charge in [0, 0.05) is 0 Å². The molecule has 0 radical (unpaired) electrons. The van der Waals surface area contributed by atoms with Gasteiger partial charge in [-0.1, -0.05) is 5.16 Å². The first kappa shape index (κ1) is 6.04. The molecule has 1 N–H and O–H groups in total. The Kier molecular flexibility index (Phi) is 1.85. The van der Waals surface area contributed by atoms with Gasteiger partial charge in [-0.15, -0.1) is 0 Å². The number of rotatable bonds is 1. The van der Waals surface area contributed by atoms with Gasteiger partial charge in [-0.05, 0) is 23.0 Å². The van der Waals surface area contributed by atoms with Crippen molar-refractivity contribution in [1.29, 1.82) is 0 Å². The zero-order valence-corrected chi connectivity index (χ0v) is 6.10. The van der Waals surface area contributed by atoms with Crippen LogP contribution >= 0.6 is 15.9 Å². The van der Waals surface area contributed by atoms with Crippen LogP contribution in [0.1, 0.15) is 6.42 Å². The van der Waals surface area contributed by atoms with Crippen LogP contribution in [-0.4, -0.2) is 17.9 Å². The fraction of sp³-hybridized carbons (Fsp3) is 0.750. The van der Waals surface area contributed by atoms with Crippen molar-refractivity contribution >= 4 is 20.6 Å². The van der Waals surface area contributed by atoms with Gasteiger partial charge in [0.2, 0.25) is 0 Å². The average Bonchev–Trinajstić information content (AvgIpc) is 2.14. The van der Waals surface area contributed by atoms with E-state index >= 15 is 0 Å². The van der Waals surface area contributed by atoms with E-state index in [1.807, 2.05) is 7.05 Å². The third kappa shape index (κ3) is 1.20. The Labute approximate surface area is 56.2 Å². The summed E-state index contributed by atoms with van der Waals surface area (Å²) < 4.78 is 0.872. The van der Waals surface area contributed by atoms with E-state index in [9.17, 15) is 0 Å². The molecule has 8 heavy (non-hydrogen) atoms. The van der Waals surface area contributed by atoms with Crippen molar-refractivity contribution in [2.75, 3.05) is 7.05 Å². The van der Waals surface area contributed by atoms with E-state index in [1.165, 1.54) is 0 Å². The maximum atomic E-state index is 4.84. The summed E-state index contributed by atoms with van der Waals surface area (Å²) >= 11 is 3.20. The minimum Gasteiger partial charge on any atom is -0.375 e. The maximum Gasteiger partial charge on any atom is 0.184 e. The molecule has 0 unspecified atom stereocenters. The molecule has 1 heterocycles. The second-order valence-electron chi connectivity index (χ2n) is 1.55. The predicted octanol–water partition coefficient (Wildman–Crippen LogP) is 0.661. The van der Waals surface area contributed by atoms with Crippen LogP contribution < -0.4 is 5.32 Å². The molecule has 0 bridgehead atoms. The topological polar surface area (TPSA) is 33.6 Å². The Balaban J connectivity index is 2.32.